The molecule has 3 rings (SSSR count). The molecule has 9 heteroatoms. The lowest BCUT2D eigenvalue weighted by atomic mass is 10.2. The molecule has 0 bridgehead atoms. The molecule has 0 aliphatic carbocycles. The third-order valence-electron chi connectivity index (χ3n) is 3.21. The molecule has 0 radical (unpaired) electrons. The predicted octanol–water partition coefficient (Wildman–Crippen LogP) is 3.16. The van der Waals surface area contributed by atoms with Crippen LogP contribution in [0.3, 0.4) is 0 Å². The van der Waals surface area contributed by atoms with Crippen molar-refractivity contribution < 1.29 is 22.8 Å². The minimum absolute atomic E-state index is 0.0174. The molecule has 0 atom stereocenters. The number of nitrogens with zero attached hydrogens (tertiary/aromatic N) is 1. The van der Waals surface area contributed by atoms with Crippen LogP contribution in [0.1, 0.15) is 17.4 Å². The van der Waals surface area contributed by atoms with E-state index in [2.05, 4.69) is 20.8 Å². The van der Waals surface area contributed by atoms with Gasteiger partial charge in [-0.25, -0.2) is 8.78 Å². The lowest BCUT2D eigenvalue weighted by Crippen LogP contribution is -2.15. The summed E-state index contributed by atoms with van der Waals surface area (Å²) < 4.78 is 32.6. The first-order chi connectivity index (χ1) is 11.9. The second kappa shape index (κ2) is 6.56. The lowest BCUT2D eigenvalue weighted by molar-refractivity contribution is -0.114. The highest BCUT2D eigenvalue weighted by Gasteiger charge is 2.17. The van der Waals surface area contributed by atoms with Crippen molar-refractivity contribution in [3.8, 4) is 11.5 Å². The van der Waals surface area contributed by atoms with E-state index >= 15 is 0 Å². The van der Waals surface area contributed by atoms with Crippen molar-refractivity contribution in [3.63, 3.8) is 0 Å². The van der Waals surface area contributed by atoms with Crippen LogP contribution in [0.2, 0.25) is 0 Å². The van der Waals surface area contributed by atoms with Gasteiger partial charge in [-0.2, -0.15) is 5.10 Å². The van der Waals surface area contributed by atoms with E-state index in [1.54, 1.807) is 12.1 Å². The second-order valence-corrected chi connectivity index (χ2v) is 5.09. The first-order valence-corrected chi connectivity index (χ1v) is 7.11. The number of halogens is 2. The molecule has 128 valence electrons. The van der Waals surface area contributed by atoms with E-state index in [4.69, 9.17) is 4.42 Å². The van der Waals surface area contributed by atoms with E-state index < -0.39 is 23.4 Å². The fraction of sp³-hybridized carbons (Fsp3) is 0.0625. The van der Waals surface area contributed by atoms with E-state index in [0.717, 1.165) is 6.07 Å². The van der Waals surface area contributed by atoms with Crippen molar-refractivity contribution in [1.82, 2.24) is 10.2 Å². The number of anilines is 2. The van der Waals surface area contributed by atoms with Gasteiger partial charge < -0.3 is 15.1 Å². The van der Waals surface area contributed by atoms with E-state index in [9.17, 15) is 18.4 Å². The van der Waals surface area contributed by atoms with Crippen LogP contribution in [0.15, 0.2) is 41.0 Å². The maximum Gasteiger partial charge on any atom is 0.276 e. The van der Waals surface area contributed by atoms with Crippen LogP contribution in [-0.2, 0) is 4.79 Å². The molecule has 3 N–H and O–H groups in total. The van der Waals surface area contributed by atoms with Crippen LogP contribution in [0.4, 0.5) is 20.2 Å². The second-order valence-electron chi connectivity index (χ2n) is 5.09. The third-order valence-corrected chi connectivity index (χ3v) is 3.21. The molecule has 2 aromatic heterocycles. The summed E-state index contributed by atoms with van der Waals surface area (Å²) in [5.74, 6) is -2.70. The van der Waals surface area contributed by atoms with Crippen molar-refractivity contribution in [2.45, 2.75) is 6.92 Å². The predicted molar refractivity (Wildman–Crippen MR) is 84.9 cm³/mol. The van der Waals surface area contributed by atoms with Gasteiger partial charge in [0.25, 0.3) is 5.91 Å². The van der Waals surface area contributed by atoms with Gasteiger partial charge in [0.05, 0.1) is 17.6 Å². The molecule has 0 spiro atoms. The fourth-order valence-electron chi connectivity index (χ4n) is 2.11. The van der Waals surface area contributed by atoms with Crippen LogP contribution in [0, 0.1) is 11.6 Å². The van der Waals surface area contributed by atoms with E-state index in [1.165, 1.54) is 19.3 Å². The van der Waals surface area contributed by atoms with E-state index in [-0.39, 0.29) is 17.1 Å². The van der Waals surface area contributed by atoms with Gasteiger partial charge in [-0.3, -0.25) is 14.7 Å². The molecule has 0 unspecified atom stereocenters. The number of hydrogen-bond donors (Lipinski definition) is 3. The number of H-pyrrole nitrogens is 1. The van der Waals surface area contributed by atoms with Gasteiger partial charge in [-0.15, -0.1) is 0 Å². The number of rotatable bonds is 4. The molecule has 1 aromatic carbocycles. The summed E-state index contributed by atoms with van der Waals surface area (Å²) in [6.07, 6.45) is 1.47. The fourth-order valence-corrected chi connectivity index (χ4v) is 2.11. The first-order valence-electron chi connectivity index (χ1n) is 7.11. The Hall–Kier alpha value is -3.49. The maximum atomic E-state index is 13.9. The lowest BCUT2D eigenvalue weighted by Gasteiger charge is -2.09. The number of benzene rings is 1. The molecule has 0 aliphatic heterocycles. The standard InChI is InChI=1S/C16H12F2N4O3/c1-8(23)19-11-6-12(10(18)5-9(11)17)20-16(24)14-7-13(21-22-14)15-3-2-4-25-15/h2-7H,1H3,(H,19,23)(H,20,24)(H,21,22). The summed E-state index contributed by atoms with van der Waals surface area (Å²) in [4.78, 5) is 23.2. The topological polar surface area (TPSA) is 100 Å². The SMILES string of the molecule is CC(=O)Nc1cc(NC(=O)c2cc(-c3ccco3)[nH]n2)c(F)cc1F. The number of hydrogen-bond acceptors (Lipinski definition) is 4. The van der Waals surface area contributed by atoms with Crippen molar-refractivity contribution >= 4 is 23.2 Å². The zero-order valence-corrected chi connectivity index (χ0v) is 12.9. The van der Waals surface area contributed by atoms with E-state index in [0.29, 0.717) is 17.5 Å². The molecule has 0 saturated heterocycles. The van der Waals surface area contributed by atoms with Gasteiger partial charge >= 0.3 is 0 Å². The van der Waals surface area contributed by atoms with Gasteiger partial charge in [0, 0.05) is 19.1 Å². The van der Waals surface area contributed by atoms with Crippen LogP contribution in [0.5, 0.6) is 0 Å². The number of furan rings is 1. The Labute approximate surface area is 140 Å². The van der Waals surface area contributed by atoms with Gasteiger partial charge in [0.2, 0.25) is 5.91 Å². The quantitative estimate of drug-likeness (QED) is 0.675. The molecule has 0 fully saturated rings. The number of aromatic nitrogens is 2. The molecular formula is C16H12F2N4O3. The van der Waals surface area contributed by atoms with Crippen molar-refractivity contribution in [1.29, 1.82) is 0 Å². The summed E-state index contributed by atoms with van der Waals surface area (Å²) in [6, 6.07) is 6.33. The van der Waals surface area contributed by atoms with Crippen molar-refractivity contribution in [3.05, 3.63) is 53.9 Å². The van der Waals surface area contributed by atoms with Crippen molar-refractivity contribution in [2.75, 3.05) is 10.6 Å². The van der Waals surface area contributed by atoms with Crippen LogP contribution < -0.4 is 10.6 Å². The van der Waals surface area contributed by atoms with Gasteiger partial charge in [-0.05, 0) is 18.2 Å². The molecule has 0 aliphatic rings. The monoisotopic (exact) mass is 346 g/mol. The average Bonchev–Trinajstić information content (AvgIpc) is 3.22. The Morgan fingerprint density at radius 3 is 2.48 bits per heavy atom. The number of carbonyl (C=O) groups is 2. The third kappa shape index (κ3) is 3.55. The molecule has 3 aromatic rings. The smallest absolute Gasteiger partial charge is 0.276 e. The van der Waals surface area contributed by atoms with Gasteiger partial charge in [-0.1, -0.05) is 0 Å². The summed E-state index contributed by atoms with van der Waals surface area (Å²) in [5.41, 5.74) is -0.0925. The Bertz CT molecular complexity index is 935. The number of amides is 2. The Morgan fingerprint density at radius 1 is 1.12 bits per heavy atom. The first kappa shape index (κ1) is 16.4. The number of nitrogens with one attached hydrogen (secondary N) is 3. The molecule has 2 heterocycles. The Morgan fingerprint density at radius 2 is 1.84 bits per heavy atom. The van der Waals surface area contributed by atoms with Crippen LogP contribution in [0.25, 0.3) is 11.5 Å². The molecule has 2 amide bonds. The van der Waals surface area contributed by atoms with Crippen molar-refractivity contribution in [2.24, 2.45) is 0 Å². The van der Waals surface area contributed by atoms with Crippen LogP contribution in [-0.4, -0.2) is 22.0 Å². The summed E-state index contributed by atoms with van der Waals surface area (Å²) >= 11 is 0. The highest BCUT2D eigenvalue weighted by molar-refractivity contribution is 6.04. The normalized spacial score (nSPS) is 10.5. The maximum absolute atomic E-state index is 13.9. The highest BCUT2D eigenvalue weighted by Crippen LogP contribution is 2.24. The summed E-state index contributed by atoms with van der Waals surface area (Å²) in [7, 11) is 0. The summed E-state index contributed by atoms with van der Waals surface area (Å²) in [6.45, 7) is 1.18. The number of carbonyl (C=O) groups excluding carboxylic acids is 2. The minimum atomic E-state index is -0.984. The van der Waals surface area contributed by atoms with E-state index in [1.807, 2.05) is 0 Å². The summed E-state index contributed by atoms with van der Waals surface area (Å²) in [5, 5.41) is 10.9. The number of aromatic amines is 1. The zero-order chi connectivity index (χ0) is 18.0. The zero-order valence-electron chi connectivity index (χ0n) is 12.9. The molecular weight excluding hydrogens is 334 g/mol. The molecule has 0 saturated carbocycles. The largest absolute Gasteiger partial charge is 0.463 e. The average molecular weight is 346 g/mol. The highest BCUT2D eigenvalue weighted by atomic mass is 19.1. The van der Waals surface area contributed by atoms with Gasteiger partial charge in [0.1, 0.15) is 17.3 Å². The Balaban J connectivity index is 1.82. The molecule has 25 heavy (non-hydrogen) atoms. The van der Waals surface area contributed by atoms with Gasteiger partial charge in [0.15, 0.2) is 11.5 Å². The Kier molecular flexibility index (Phi) is 4.29. The van der Waals surface area contributed by atoms with Crippen LogP contribution >= 0.6 is 0 Å². The molecule has 7 nitrogen and oxygen atoms in total. The minimum Gasteiger partial charge on any atom is -0.463 e.